The van der Waals surface area contributed by atoms with Crippen LogP contribution >= 0.6 is 11.6 Å². The molecule has 1 amide bonds. The molecule has 1 atom stereocenters. The number of benzene rings is 2. The van der Waals surface area contributed by atoms with Gasteiger partial charge in [0.25, 0.3) is 0 Å². The average Bonchev–Trinajstić information content (AvgIpc) is 3.22. The van der Waals surface area contributed by atoms with Crippen LogP contribution < -0.4 is 4.90 Å². The van der Waals surface area contributed by atoms with Crippen LogP contribution in [0.2, 0.25) is 5.02 Å². The number of piperazine rings is 1. The lowest BCUT2D eigenvalue weighted by Crippen LogP contribution is -2.52. The third kappa shape index (κ3) is 4.80. The van der Waals surface area contributed by atoms with Gasteiger partial charge in [-0.05, 0) is 63.6 Å². The molecule has 0 saturated carbocycles. The molecule has 0 unspecified atom stereocenters. The highest BCUT2D eigenvalue weighted by Crippen LogP contribution is 2.26. The largest absolute Gasteiger partial charge is 0.368 e. The number of likely N-dealkylation sites (tertiary alicyclic amines) is 1. The quantitative estimate of drug-likeness (QED) is 0.525. The van der Waals surface area contributed by atoms with E-state index in [2.05, 4.69) is 57.4 Å². The summed E-state index contributed by atoms with van der Waals surface area (Å²) < 4.78 is 2.34. The molecule has 2 fully saturated rings. The van der Waals surface area contributed by atoms with E-state index in [1.807, 2.05) is 24.3 Å². The van der Waals surface area contributed by atoms with Crippen molar-refractivity contribution >= 4 is 34.2 Å². The van der Waals surface area contributed by atoms with Crippen LogP contribution in [0, 0.1) is 5.92 Å². The second-order valence-corrected chi connectivity index (χ2v) is 10.3. The highest BCUT2D eigenvalue weighted by molar-refractivity contribution is 6.30. The number of nitrogens with zero attached hydrogens (tertiary/aromatic N) is 5. The molecule has 3 heterocycles. The molecule has 0 aliphatic carbocycles. The molecule has 0 bridgehead atoms. The number of halogens is 1. The van der Waals surface area contributed by atoms with Gasteiger partial charge in [0.05, 0.1) is 23.5 Å². The molecule has 0 radical (unpaired) electrons. The minimum Gasteiger partial charge on any atom is -0.368 e. The Balaban J connectivity index is 1.22. The fourth-order valence-corrected chi connectivity index (χ4v) is 5.68. The van der Waals surface area contributed by atoms with E-state index >= 15 is 0 Å². The number of carbonyl (C=O) groups excluding carboxylic acids is 1. The number of imidazole rings is 1. The summed E-state index contributed by atoms with van der Waals surface area (Å²) in [5.74, 6) is 1.48. The molecule has 5 rings (SSSR count). The zero-order valence-electron chi connectivity index (χ0n) is 20.2. The molecule has 6 nitrogen and oxygen atoms in total. The summed E-state index contributed by atoms with van der Waals surface area (Å²) in [4.78, 5) is 25.2. The van der Waals surface area contributed by atoms with E-state index in [9.17, 15) is 4.79 Å². The van der Waals surface area contributed by atoms with E-state index in [-0.39, 0.29) is 5.92 Å². The van der Waals surface area contributed by atoms with E-state index in [0.29, 0.717) is 11.9 Å². The van der Waals surface area contributed by atoms with Crippen LogP contribution in [0.5, 0.6) is 0 Å². The number of amides is 1. The summed E-state index contributed by atoms with van der Waals surface area (Å²) in [6.07, 6.45) is 2.03. The van der Waals surface area contributed by atoms with Crippen molar-refractivity contribution in [3.63, 3.8) is 0 Å². The maximum absolute atomic E-state index is 13.4. The summed E-state index contributed by atoms with van der Waals surface area (Å²) in [6.45, 7) is 10.3. The lowest BCUT2D eigenvalue weighted by Gasteiger charge is -2.39. The SMILES string of the molecule is CC(C)n1c(CN2CCC[C@H](C(=O)N3CCN(c4cccc(Cl)c4)CC3)C2)nc2ccccc21. The molecule has 2 aliphatic heterocycles. The van der Waals surface area contributed by atoms with Gasteiger partial charge in [-0.3, -0.25) is 9.69 Å². The van der Waals surface area contributed by atoms with Crippen molar-refractivity contribution in [3.8, 4) is 0 Å². The molecule has 2 saturated heterocycles. The zero-order chi connectivity index (χ0) is 23.7. The number of para-hydroxylation sites is 2. The van der Waals surface area contributed by atoms with Crippen LogP contribution in [0.1, 0.15) is 38.6 Å². The van der Waals surface area contributed by atoms with Crippen molar-refractivity contribution in [3.05, 3.63) is 59.4 Å². The Kier molecular flexibility index (Phi) is 6.79. The van der Waals surface area contributed by atoms with Crippen molar-refractivity contribution in [2.45, 2.75) is 39.3 Å². The highest BCUT2D eigenvalue weighted by Gasteiger charge is 2.31. The van der Waals surface area contributed by atoms with Gasteiger partial charge in [0.2, 0.25) is 5.91 Å². The fourth-order valence-electron chi connectivity index (χ4n) is 5.50. The number of hydrogen-bond donors (Lipinski definition) is 0. The number of hydrogen-bond acceptors (Lipinski definition) is 4. The van der Waals surface area contributed by atoms with Gasteiger partial charge in [0.15, 0.2) is 0 Å². The van der Waals surface area contributed by atoms with E-state index in [1.165, 1.54) is 5.52 Å². The molecule has 3 aromatic rings. The second kappa shape index (κ2) is 9.96. The van der Waals surface area contributed by atoms with Crippen molar-refractivity contribution in [1.29, 1.82) is 0 Å². The Bertz CT molecular complexity index is 1150. The monoisotopic (exact) mass is 479 g/mol. The number of aromatic nitrogens is 2. The van der Waals surface area contributed by atoms with Crippen molar-refractivity contribution in [2.75, 3.05) is 44.2 Å². The van der Waals surface area contributed by atoms with Crippen LogP contribution in [0.4, 0.5) is 5.69 Å². The third-order valence-corrected chi connectivity index (χ3v) is 7.40. The first-order chi connectivity index (χ1) is 16.5. The van der Waals surface area contributed by atoms with Crippen LogP contribution in [0.3, 0.4) is 0 Å². The number of carbonyl (C=O) groups is 1. The van der Waals surface area contributed by atoms with Crippen LogP contribution in [0.15, 0.2) is 48.5 Å². The molecule has 7 heteroatoms. The van der Waals surface area contributed by atoms with E-state index in [0.717, 1.165) is 80.7 Å². The van der Waals surface area contributed by atoms with Gasteiger partial charge in [-0.25, -0.2) is 4.98 Å². The maximum Gasteiger partial charge on any atom is 0.227 e. The van der Waals surface area contributed by atoms with E-state index < -0.39 is 0 Å². The third-order valence-electron chi connectivity index (χ3n) is 7.17. The topological polar surface area (TPSA) is 44.6 Å². The molecule has 0 N–H and O–H groups in total. The van der Waals surface area contributed by atoms with Crippen molar-refractivity contribution < 1.29 is 4.79 Å². The first kappa shape index (κ1) is 23.2. The molecule has 2 aliphatic rings. The smallest absolute Gasteiger partial charge is 0.227 e. The molecular formula is C27H34ClN5O. The first-order valence-electron chi connectivity index (χ1n) is 12.5. The summed E-state index contributed by atoms with van der Waals surface area (Å²) in [5, 5.41) is 0.754. The van der Waals surface area contributed by atoms with E-state index in [1.54, 1.807) is 0 Å². The van der Waals surface area contributed by atoms with Gasteiger partial charge in [0.1, 0.15) is 5.82 Å². The molecule has 1 aromatic heterocycles. The average molecular weight is 480 g/mol. The zero-order valence-corrected chi connectivity index (χ0v) is 20.9. The maximum atomic E-state index is 13.4. The van der Waals surface area contributed by atoms with Gasteiger partial charge < -0.3 is 14.4 Å². The highest BCUT2D eigenvalue weighted by atomic mass is 35.5. The molecule has 180 valence electrons. The molecular weight excluding hydrogens is 446 g/mol. The Morgan fingerprint density at radius 2 is 1.85 bits per heavy atom. The van der Waals surface area contributed by atoms with E-state index in [4.69, 9.17) is 16.6 Å². The second-order valence-electron chi connectivity index (χ2n) is 9.85. The minimum absolute atomic E-state index is 0.0725. The minimum atomic E-state index is 0.0725. The van der Waals surface area contributed by atoms with Crippen molar-refractivity contribution in [2.24, 2.45) is 5.92 Å². The molecule has 34 heavy (non-hydrogen) atoms. The Morgan fingerprint density at radius 3 is 2.62 bits per heavy atom. The summed E-state index contributed by atoms with van der Waals surface area (Å²) in [5.41, 5.74) is 3.37. The van der Waals surface area contributed by atoms with Crippen LogP contribution in [0.25, 0.3) is 11.0 Å². The summed E-state index contributed by atoms with van der Waals surface area (Å²) >= 11 is 6.16. The Morgan fingerprint density at radius 1 is 1.06 bits per heavy atom. The normalized spacial score (nSPS) is 19.8. The number of piperidine rings is 1. The van der Waals surface area contributed by atoms with Gasteiger partial charge in [-0.2, -0.15) is 0 Å². The molecule has 0 spiro atoms. The van der Waals surface area contributed by atoms with Gasteiger partial charge in [-0.15, -0.1) is 0 Å². The van der Waals surface area contributed by atoms with Gasteiger partial charge in [-0.1, -0.05) is 29.8 Å². The first-order valence-corrected chi connectivity index (χ1v) is 12.8. The standard InChI is InChI=1S/C27H34ClN5O/c1-20(2)33-25-11-4-3-10-24(25)29-26(33)19-30-12-6-7-21(18-30)27(34)32-15-13-31(14-16-32)23-9-5-8-22(28)17-23/h3-5,8-11,17,20-21H,6-7,12-16,18-19H2,1-2H3/t21-/m0/s1. The fraction of sp³-hybridized carbons (Fsp3) is 0.481. The van der Waals surface area contributed by atoms with Gasteiger partial charge >= 0.3 is 0 Å². The van der Waals surface area contributed by atoms with Crippen LogP contribution in [-0.2, 0) is 11.3 Å². The predicted molar refractivity (Wildman–Crippen MR) is 138 cm³/mol. The van der Waals surface area contributed by atoms with Crippen LogP contribution in [-0.4, -0.2) is 64.5 Å². The van der Waals surface area contributed by atoms with Gasteiger partial charge in [0, 0.05) is 49.5 Å². The summed E-state index contributed by atoms with van der Waals surface area (Å²) in [6, 6.07) is 16.7. The summed E-state index contributed by atoms with van der Waals surface area (Å²) in [7, 11) is 0. The Hall–Kier alpha value is -2.57. The molecule has 2 aromatic carbocycles. The Labute approximate surface area is 207 Å². The van der Waals surface area contributed by atoms with Crippen molar-refractivity contribution in [1.82, 2.24) is 19.4 Å². The lowest BCUT2D eigenvalue weighted by atomic mass is 9.96. The number of anilines is 1. The number of rotatable bonds is 5. The number of fused-ring (bicyclic) bond motifs is 1. The predicted octanol–water partition coefficient (Wildman–Crippen LogP) is 4.83. The lowest BCUT2D eigenvalue weighted by molar-refractivity contribution is -0.137.